The van der Waals surface area contributed by atoms with Crippen LogP contribution < -0.4 is 10.7 Å². The summed E-state index contributed by atoms with van der Waals surface area (Å²) in [7, 11) is 0. The fourth-order valence-electron chi connectivity index (χ4n) is 3.44. The summed E-state index contributed by atoms with van der Waals surface area (Å²) in [4.78, 5) is 28.2. The number of benzene rings is 1. The molecule has 3 aromatic heterocycles. The van der Waals surface area contributed by atoms with E-state index in [1.807, 2.05) is 5.32 Å². The zero-order valence-corrected chi connectivity index (χ0v) is 16.7. The van der Waals surface area contributed by atoms with Crippen LogP contribution in [0.4, 0.5) is 19.3 Å². The first-order valence-corrected chi connectivity index (χ1v) is 9.13. The van der Waals surface area contributed by atoms with Crippen molar-refractivity contribution in [1.29, 1.82) is 0 Å². The zero-order valence-electron chi connectivity index (χ0n) is 16.7. The smallest absolute Gasteiger partial charge is 0.409 e. The monoisotopic (exact) mass is 426 g/mol. The van der Waals surface area contributed by atoms with Crippen LogP contribution >= 0.6 is 0 Å². The highest BCUT2D eigenvalue weighted by molar-refractivity contribution is 5.85. The van der Waals surface area contributed by atoms with E-state index < -0.39 is 23.4 Å². The summed E-state index contributed by atoms with van der Waals surface area (Å²) in [5.74, 6) is -1.51. The van der Waals surface area contributed by atoms with Crippen molar-refractivity contribution in [2.45, 2.75) is 20.8 Å². The standard InChI is InChI=1S/C21H16F2N4O4/c1-9-8-27(17-7-16(25-21(29)30)13(22)6-14(17)23)20-12(19(9)28)4-5-15(24-20)18-10(2)26-31-11(18)3/h4-8,25H,1-3H3,(H,29,30). The first-order chi connectivity index (χ1) is 14.7. The number of amides is 1. The molecule has 1 amide bonds. The lowest BCUT2D eigenvalue weighted by Gasteiger charge is -2.15. The van der Waals surface area contributed by atoms with Crippen LogP contribution in [0.5, 0.6) is 0 Å². The average molecular weight is 426 g/mol. The van der Waals surface area contributed by atoms with E-state index in [4.69, 9.17) is 9.63 Å². The number of aromatic nitrogens is 3. The Hall–Kier alpha value is -4.08. The molecule has 4 rings (SSSR count). The van der Waals surface area contributed by atoms with E-state index in [1.165, 1.54) is 10.8 Å². The zero-order chi connectivity index (χ0) is 22.4. The second kappa shape index (κ2) is 7.31. The van der Waals surface area contributed by atoms with Gasteiger partial charge in [0.25, 0.3) is 0 Å². The van der Waals surface area contributed by atoms with Gasteiger partial charge in [-0.15, -0.1) is 0 Å². The minimum absolute atomic E-state index is 0.111. The number of aryl methyl sites for hydroxylation is 3. The number of hydrogen-bond donors (Lipinski definition) is 2. The molecular weight excluding hydrogens is 410 g/mol. The second-order valence-corrected chi connectivity index (χ2v) is 6.99. The third-order valence-electron chi connectivity index (χ3n) is 4.86. The quantitative estimate of drug-likeness (QED) is 0.504. The van der Waals surface area contributed by atoms with E-state index in [0.717, 1.165) is 6.07 Å². The normalized spacial score (nSPS) is 11.1. The number of nitrogens with one attached hydrogen (secondary N) is 1. The van der Waals surface area contributed by atoms with Crippen molar-refractivity contribution in [3.8, 4) is 16.9 Å². The van der Waals surface area contributed by atoms with Gasteiger partial charge in [-0.25, -0.2) is 18.6 Å². The summed E-state index contributed by atoms with van der Waals surface area (Å²) in [6.45, 7) is 5.01. The van der Waals surface area contributed by atoms with Gasteiger partial charge in [-0.2, -0.15) is 0 Å². The molecule has 3 heterocycles. The molecule has 2 N–H and O–H groups in total. The first-order valence-electron chi connectivity index (χ1n) is 9.13. The molecule has 0 atom stereocenters. The molecule has 0 spiro atoms. The lowest BCUT2D eigenvalue weighted by Crippen LogP contribution is -2.15. The molecule has 0 bridgehead atoms. The second-order valence-electron chi connectivity index (χ2n) is 6.99. The van der Waals surface area contributed by atoms with Gasteiger partial charge in [0.2, 0.25) is 0 Å². The fraction of sp³-hybridized carbons (Fsp3) is 0.143. The Labute approximate surface area is 173 Å². The fourth-order valence-corrected chi connectivity index (χ4v) is 3.44. The van der Waals surface area contributed by atoms with Crippen molar-refractivity contribution >= 4 is 22.8 Å². The molecule has 0 unspecified atom stereocenters. The predicted molar refractivity (Wildman–Crippen MR) is 109 cm³/mol. The van der Waals surface area contributed by atoms with Crippen LogP contribution in [0.2, 0.25) is 0 Å². The largest absolute Gasteiger partial charge is 0.465 e. The van der Waals surface area contributed by atoms with Crippen LogP contribution in [0.25, 0.3) is 28.0 Å². The number of pyridine rings is 2. The van der Waals surface area contributed by atoms with Crippen LogP contribution in [0.1, 0.15) is 17.0 Å². The predicted octanol–water partition coefficient (Wildman–Crippen LogP) is 4.33. The number of carboxylic acid groups (broad SMARTS) is 1. The average Bonchev–Trinajstić information content (AvgIpc) is 3.04. The van der Waals surface area contributed by atoms with E-state index in [-0.39, 0.29) is 22.1 Å². The number of halogens is 2. The summed E-state index contributed by atoms with van der Waals surface area (Å²) in [6.07, 6.45) is -0.133. The van der Waals surface area contributed by atoms with Crippen molar-refractivity contribution in [1.82, 2.24) is 14.7 Å². The van der Waals surface area contributed by atoms with E-state index in [2.05, 4.69) is 10.1 Å². The van der Waals surface area contributed by atoms with Crippen LogP contribution in [0, 0.1) is 32.4 Å². The summed E-state index contributed by atoms with van der Waals surface area (Å²) in [6, 6.07) is 4.77. The van der Waals surface area contributed by atoms with Gasteiger partial charge < -0.3 is 9.63 Å². The Bertz CT molecular complexity index is 1410. The minimum atomic E-state index is -1.50. The summed E-state index contributed by atoms with van der Waals surface area (Å²) < 4.78 is 35.3. The number of anilines is 1. The Morgan fingerprint density at radius 2 is 1.90 bits per heavy atom. The van der Waals surface area contributed by atoms with Gasteiger partial charge in [-0.3, -0.25) is 14.7 Å². The molecule has 8 nitrogen and oxygen atoms in total. The van der Waals surface area contributed by atoms with Gasteiger partial charge in [0.05, 0.1) is 33.7 Å². The third kappa shape index (κ3) is 3.41. The summed E-state index contributed by atoms with van der Waals surface area (Å²) in [5, 5.41) is 14.9. The van der Waals surface area contributed by atoms with Crippen LogP contribution in [-0.4, -0.2) is 25.9 Å². The number of fused-ring (bicyclic) bond motifs is 1. The number of carbonyl (C=O) groups is 1. The molecule has 158 valence electrons. The molecule has 0 aliphatic rings. The molecule has 0 radical (unpaired) electrons. The molecule has 4 aromatic rings. The molecule has 31 heavy (non-hydrogen) atoms. The van der Waals surface area contributed by atoms with Crippen molar-refractivity contribution < 1.29 is 23.2 Å². The van der Waals surface area contributed by atoms with Crippen molar-refractivity contribution in [2.75, 3.05) is 5.32 Å². The van der Waals surface area contributed by atoms with Crippen molar-refractivity contribution in [3.63, 3.8) is 0 Å². The highest BCUT2D eigenvalue weighted by atomic mass is 19.1. The highest BCUT2D eigenvalue weighted by Gasteiger charge is 2.19. The Morgan fingerprint density at radius 1 is 1.16 bits per heavy atom. The molecule has 10 heteroatoms. The van der Waals surface area contributed by atoms with Gasteiger partial charge in [-0.05, 0) is 39.0 Å². The Balaban J connectivity index is 2.05. The highest BCUT2D eigenvalue weighted by Crippen LogP contribution is 2.29. The summed E-state index contributed by atoms with van der Waals surface area (Å²) >= 11 is 0. The number of rotatable bonds is 3. The molecule has 1 aromatic carbocycles. The maximum atomic E-state index is 14.7. The molecule has 0 aliphatic carbocycles. The lowest BCUT2D eigenvalue weighted by atomic mass is 10.1. The van der Waals surface area contributed by atoms with Gasteiger partial charge in [0.1, 0.15) is 23.0 Å². The van der Waals surface area contributed by atoms with Gasteiger partial charge in [0.15, 0.2) is 5.43 Å². The van der Waals surface area contributed by atoms with Crippen LogP contribution in [0.3, 0.4) is 0 Å². The van der Waals surface area contributed by atoms with Gasteiger partial charge in [-0.1, -0.05) is 5.16 Å². The minimum Gasteiger partial charge on any atom is -0.465 e. The van der Waals surface area contributed by atoms with E-state index in [0.29, 0.717) is 34.3 Å². The molecule has 0 saturated heterocycles. The van der Waals surface area contributed by atoms with Gasteiger partial charge in [0, 0.05) is 17.8 Å². The molecule has 0 fully saturated rings. The van der Waals surface area contributed by atoms with Crippen molar-refractivity contribution in [3.05, 3.63) is 69.3 Å². The lowest BCUT2D eigenvalue weighted by molar-refractivity contribution is 0.209. The molecular formula is C21H16F2N4O4. The summed E-state index contributed by atoms with van der Waals surface area (Å²) in [5.41, 5.74) is 1.18. The van der Waals surface area contributed by atoms with E-state index in [1.54, 1.807) is 32.9 Å². The first kappa shape index (κ1) is 20.2. The maximum absolute atomic E-state index is 14.7. The maximum Gasteiger partial charge on any atom is 0.409 e. The van der Waals surface area contributed by atoms with Crippen LogP contribution in [-0.2, 0) is 0 Å². The third-order valence-corrected chi connectivity index (χ3v) is 4.86. The van der Waals surface area contributed by atoms with E-state index in [9.17, 15) is 18.4 Å². The van der Waals surface area contributed by atoms with E-state index >= 15 is 0 Å². The Kier molecular flexibility index (Phi) is 4.77. The SMILES string of the molecule is Cc1noc(C)c1-c1ccc2c(=O)c(C)cn(-c3cc(NC(=O)O)c(F)cc3F)c2n1. The number of nitrogens with zero attached hydrogens (tertiary/aromatic N) is 3. The van der Waals surface area contributed by atoms with Crippen LogP contribution in [0.15, 0.2) is 39.8 Å². The number of hydrogen-bond acceptors (Lipinski definition) is 5. The van der Waals surface area contributed by atoms with Crippen molar-refractivity contribution in [2.24, 2.45) is 0 Å². The molecule has 0 aliphatic heterocycles. The molecule has 0 saturated carbocycles. The Morgan fingerprint density at radius 3 is 2.55 bits per heavy atom. The topological polar surface area (TPSA) is 110 Å². The van der Waals surface area contributed by atoms with Gasteiger partial charge >= 0.3 is 6.09 Å².